The molecular weight excluding hydrogens is 360 g/mol. The minimum absolute atomic E-state index is 0.0385. The van der Waals surface area contributed by atoms with E-state index in [0.717, 1.165) is 0 Å². The average molecular weight is 380 g/mol. The Kier molecular flexibility index (Phi) is 5.69. The number of benzene rings is 1. The molecule has 0 bridgehead atoms. The molecule has 28 heavy (non-hydrogen) atoms. The van der Waals surface area contributed by atoms with E-state index in [0.29, 0.717) is 17.2 Å². The van der Waals surface area contributed by atoms with Crippen LogP contribution < -0.4 is 15.4 Å². The molecule has 0 radical (unpaired) electrons. The number of aryl methyl sites for hydroxylation is 1. The van der Waals surface area contributed by atoms with Crippen molar-refractivity contribution >= 4 is 23.3 Å². The molecule has 2 heterocycles. The zero-order valence-electron chi connectivity index (χ0n) is 15.7. The van der Waals surface area contributed by atoms with E-state index in [-0.39, 0.29) is 23.3 Å². The van der Waals surface area contributed by atoms with Gasteiger partial charge in [-0.3, -0.25) is 9.59 Å². The van der Waals surface area contributed by atoms with Crippen LogP contribution in [-0.2, 0) is 0 Å². The SMILES string of the molecule is Cc1cc(NC(=O)c2cccc(C(=O)Nc3ccccc3OC(C)C)n2)no1. The highest BCUT2D eigenvalue weighted by Crippen LogP contribution is 2.25. The van der Waals surface area contributed by atoms with Crippen molar-refractivity contribution in [2.24, 2.45) is 0 Å². The van der Waals surface area contributed by atoms with Crippen molar-refractivity contribution in [2.45, 2.75) is 26.9 Å². The summed E-state index contributed by atoms with van der Waals surface area (Å²) >= 11 is 0. The molecule has 3 rings (SSSR count). The second-order valence-corrected chi connectivity index (χ2v) is 6.30. The van der Waals surface area contributed by atoms with Crippen LogP contribution in [0.5, 0.6) is 5.75 Å². The number of aromatic nitrogens is 2. The quantitative estimate of drug-likeness (QED) is 0.676. The van der Waals surface area contributed by atoms with Crippen LogP contribution in [0.4, 0.5) is 11.5 Å². The van der Waals surface area contributed by atoms with E-state index in [4.69, 9.17) is 9.26 Å². The number of hydrogen-bond donors (Lipinski definition) is 2. The zero-order valence-corrected chi connectivity index (χ0v) is 15.7. The molecule has 0 atom stereocenters. The smallest absolute Gasteiger partial charge is 0.275 e. The first-order chi connectivity index (χ1) is 13.4. The largest absolute Gasteiger partial charge is 0.489 e. The lowest BCUT2D eigenvalue weighted by Crippen LogP contribution is -2.19. The molecule has 2 N–H and O–H groups in total. The number of rotatable bonds is 6. The van der Waals surface area contributed by atoms with E-state index in [1.807, 2.05) is 19.9 Å². The highest BCUT2D eigenvalue weighted by molar-refractivity contribution is 6.06. The van der Waals surface area contributed by atoms with Gasteiger partial charge in [-0.05, 0) is 45.0 Å². The topological polar surface area (TPSA) is 106 Å². The maximum absolute atomic E-state index is 12.6. The van der Waals surface area contributed by atoms with Crippen molar-refractivity contribution in [1.29, 1.82) is 0 Å². The third-order valence-electron chi connectivity index (χ3n) is 3.58. The minimum Gasteiger partial charge on any atom is -0.489 e. The molecule has 8 nitrogen and oxygen atoms in total. The Labute approximate surface area is 161 Å². The van der Waals surface area contributed by atoms with Crippen LogP contribution in [-0.4, -0.2) is 28.1 Å². The summed E-state index contributed by atoms with van der Waals surface area (Å²) in [4.78, 5) is 29.1. The maximum atomic E-state index is 12.6. The highest BCUT2D eigenvalue weighted by atomic mass is 16.5. The van der Waals surface area contributed by atoms with Gasteiger partial charge in [-0.15, -0.1) is 0 Å². The molecule has 0 fully saturated rings. The van der Waals surface area contributed by atoms with Gasteiger partial charge in [-0.1, -0.05) is 23.4 Å². The van der Waals surface area contributed by atoms with E-state index in [1.54, 1.807) is 37.3 Å². The molecule has 0 aliphatic heterocycles. The summed E-state index contributed by atoms with van der Waals surface area (Å²) in [7, 11) is 0. The molecule has 0 aliphatic rings. The summed E-state index contributed by atoms with van der Waals surface area (Å²) in [5.74, 6) is 0.456. The summed E-state index contributed by atoms with van der Waals surface area (Å²) < 4.78 is 10.6. The molecular formula is C20H20N4O4. The molecule has 144 valence electrons. The predicted molar refractivity (Wildman–Crippen MR) is 104 cm³/mol. The monoisotopic (exact) mass is 380 g/mol. The lowest BCUT2D eigenvalue weighted by atomic mass is 10.2. The number of pyridine rings is 1. The van der Waals surface area contributed by atoms with Crippen molar-refractivity contribution in [3.8, 4) is 5.75 Å². The lowest BCUT2D eigenvalue weighted by Gasteiger charge is -2.14. The second-order valence-electron chi connectivity index (χ2n) is 6.30. The van der Waals surface area contributed by atoms with Crippen molar-refractivity contribution in [1.82, 2.24) is 10.1 Å². The van der Waals surface area contributed by atoms with E-state index in [1.165, 1.54) is 12.1 Å². The molecule has 0 saturated heterocycles. The van der Waals surface area contributed by atoms with Gasteiger partial charge < -0.3 is 19.9 Å². The van der Waals surface area contributed by atoms with Gasteiger partial charge in [-0.25, -0.2) is 4.98 Å². The maximum Gasteiger partial charge on any atom is 0.275 e. The van der Waals surface area contributed by atoms with Gasteiger partial charge in [0.2, 0.25) is 0 Å². The fraction of sp³-hybridized carbons (Fsp3) is 0.200. The fourth-order valence-corrected chi connectivity index (χ4v) is 2.41. The number of nitrogens with one attached hydrogen (secondary N) is 2. The van der Waals surface area contributed by atoms with Gasteiger partial charge in [0.25, 0.3) is 11.8 Å². The predicted octanol–water partition coefficient (Wildman–Crippen LogP) is 3.67. The Morgan fingerprint density at radius 1 is 1.00 bits per heavy atom. The number of para-hydroxylation sites is 2. The molecule has 0 spiro atoms. The van der Waals surface area contributed by atoms with Gasteiger partial charge in [0.1, 0.15) is 22.9 Å². The van der Waals surface area contributed by atoms with Crippen LogP contribution in [0.25, 0.3) is 0 Å². The summed E-state index contributed by atoms with van der Waals surface area (Å²) in [5.41, 5.74) is 0.708. The van der Waals surface area contributed by atoms with Crippen LogP contribution in [0, 0.1) is 6.92 Å². The summed E-state index contributed by atoms with van der Waals surface area (Å²) in [6.07, 6.45) is -0.0385. The van der Waals surface area contributed by atoms with E-state index < -0.39 is 11.8 Å². The van der Waals surface area contributed by atoms with Gasteiger partial charge in [0.15, 0.2) is 5.82 Å². The van der Waals surface area contributed by atoms with Crippen molar-refractivity contribution in [3.05, 3.63) is 65.7 Å². The average Bonchev–Trinajstić information content (AvgIpc) is 3.07. The Bertz CT molecular complexity index is 997. The zero-order chi connectivity index (χ0) is 20.1. The molecule has 0 unspecified atom stereocenters. The number of carbonyl (C=O) groups is 2. The van der Waals surface area contributed by atoms with Crippen LogP contribution >= 0.6 is 0 Å². The number of nitrogens with zero attached hydrogens (tertiary/aromatic N) is 2. The summed E-state index contributed by atoms with van der Waals surface area (Å²) in [6, 6.07) is 13.3. The number of carbonyl (C=O) groups excluding carboxylic acids is 2. The lowest BCUT2D eigenvalue weighted by molar-refractivity contribution is 0.101. The molecule has 0 aliphatic carbocycles. The normalized spacial score (nSPS) is 10.6. The second kappa shape index (κ2) is 8.34. The van der Waals surface area contributed by atoms with Crippen molar-refractivity contribution in [3.63, 3.8) is 0 Å². The Morgan fingerprint density at radius 3 is 2.32 bits per heavy atom. The Balaban J connectivity index is 1.75. The number of ether oxygens (including phenoxy) is 1. The van der Waals surface area contributed by atoms with Gasteiger partial charge in [-0.2, -0.15) is 0 Å². The van der Waals surface area contributed by atoms with Gasteiger partial charge in [0.05, 0.1) is 11.8 Å². The minimum atomic E-state index is -0.494. The molecule has 3 aromatic rings. The Morgan fingerprint density at radius 2 is 1.68 bits per heavy atom. The number of amides is 2. The molecule has 8 heteroatoms. The summed E-state index contributed by atoms with van der Waals surface area (Å²) in [5, 5.41) is 9.03. The summed E-state index contributed by atoms with van der Waals surface area (Å²) in [6.45, 7) is 5.52. The van der Waals surface area contributed by atoms with Gasteiger partial charge >= 0.3 is 0 Å². The first kappa shape index (κ1) is 19.1. The third kappa shape index (κ3) is 4.73. The first-order valence-corrected chi connectivity index (χ1v) is 8.71. The van der Waals surface area contributed by atoms with Crippen LogP contribution in [0.15, 0.2) is 53.1 Å². The number of anilines is 2. The van der Waals surface area contributed by atoms with E-state index in [2.05, 4.69) is 20.8 Å². The standard InChI is InChI=1S/C20H20N4O4/c1-12(2)27-17-10-5-4-7-14(17)22-19(25)15-8-6-9-16(21-15)20(26)23-18-11-13(3)28-24-18/h4-12H,1-3H3,(H,22,25)(H,23,24,26). The first-order valence-electron chi connectivity index (χ1n) is 8.71. The highest BCUT2D eigenvalue weighted by Gasteiger charge is 2.15. The molecule has 2 amide bonds. The van der Waals surface area contributed by atoms with Gasteiger partial charge in [0, 0.05) is 6.07 Å². The Hall–Kier alpha value is -3.68. The number of hydrogen-bond acceptors (Lipinski definition) is 6. The van der Waals surface area contributed by atoms with E-state index in [9.17, 15) is 9.59 Å². The molecule has 2 aromatic heterocycles. The van der Waals surface area contributed by atoms with Crippen LogP contribution in [0.1, 0.15) is 40.6 Å². The third-order valence-corrected chi connectivity index (χ3v) is 3.58. The van der Waals surface area contributed by atoms with Crippen molar-refractivity contribution in [2.75, 3.05) is 10.6 Å². The van der Waals surface area contributed by atoms with E-state index >= 15 is 0 Å². The molecule has 1 aromatic carbocycles. The fourth-order valence-electron chi connectivity index (χ4n) is 2.41. The van der Waals surface area contributed by atoms with Crippen LogP contribution in [0.2, 0.25) is 0 Å². The van der Waals surface area contributed by atoms with Crippen molar-refractivity contribution < 1.29 is 18.8 Å². The van der Waals surface area contributed by atoms with Crippen LogP contribution in [0.3, 0.4) is 0 Å². The molecule has 0 saturated carbocycles.